The van der Waals surface area contributed by atoms with Gasteiger partial charge in [-0.05, 0) is 26.7 Å². The maximum Gasteiger partial charge on any atom is 0.311 e. The fourth-order valence-electron chi connectivity index (χ4n) is 1.21. The quantitative estimate of drug-likeness (QED) is 0.452. The SMILES string of the molecule is CCCCCCCOC(=O)C(C)(C)CC. The molecule has 15 heavy (non-hydrogen) atoms. The van der Waals surface area contributed by atoms with Crippen molar-refractivity contribution in [1.29, 1.82) is 0 Å². The molecule has 0 heterocycles. The summed E-state index contributed by atoms with van der Waals surface area (Å²) in [5.74, 6) is -0.0551. The van der Waals surface area contributed by atoms with E-state index >= 15 is 0 Å². The van der Waals surface area contributed by atoms with Crippen molar-refractivity contribution in [3.8, 4) is 0 Å². The molecule has 0 amide bonds. The van der Waals surface area contributed by atoms with Crippen LogP contribution in [0.1, 0.15) is 66.2 Å². The third-order valence-corrected chi connectivity index (χ3v) is 2.92. The monoisotopic (exact) mass is 214 g/mol. The van der Waals surface area contributed by atoms with Crippen LogP contribution in [0.4, 0.5) is 0 Å². The van der Waals surface area contributed by atoms with Crippen LogP contribution in [0.3, 0.4) is 0 Å². The highest BCUT2D eigenvalue weighted by atomic mass is 16.5. The Kier molecular flexibility index (Phi) is 7.45. The predicted molar refractivity (Wildman–Crippen MR) is 63.8 cm³/mol. The number of carbonyl (C=O) groups excluding carboxylic acids is 1. The largest absolute Gasteiger partial charge is 0.465 e. The van der Waals surface area contributed by atoms with Crippen molar-refractivity contribution in [2.45, 2.75) is 66.2 Å². The van der Waals surface area contributed by atoms with Crippen LogP contribution in [0.5, 0.6) is 0 Å². The molecule has 90 valence electrons. The Bertz CT molecular complexity index is 173. The average molecular weight is 214 g/mol. The molecule has 0 saturated carbocycles. The summed E-state index contributed by atoms with van der Waals surface area (Å²) in [6.45, 7) is 8.68. The zero-order valence-corrected chi connectivity index (χ0v) is 10.8. The Morgan fingerprint density at radius 3 is 2.20 bits per heavy atom. The van der Waals surface area contributed by atoms with Crippen LogP contribution < -0.4 is 0 Å². The minimum atomic E-state index is -0.316. The molecular weight excluding hydrogens is 188 g/mol. The van der Waals surface area contributed by atoms with Gasteiger partial charge in [0.2, 0.25) is 0 Å². The molecule has 0 aliphatic rings. The molecule has 0 rings (SSSR count). The lowest BCUT2D eigenvalue weighted by molar-refractivity contribution is -0.154. The number of rotatable bonds is 8. The maximum absolute atomic E-state index is 11.6. The number of hydrogen-bond donors (Lipinski definition) is 0. The second kappa shape index (κ2) is 7.72. The van der Waals surface area contributed by atoms with E-state index < -0.39 is 0 Å². The van der Waals surface area contributed by atoms with E-state index in [1.807, 2.05) is 20.8 Å². The van der Waals surface area contributed by atoms with Gasteiger partial charge in [0.25, 0.3) is 0 Å². The first kappa shape index (κ1) is 14.5. The number of ether oxygens (including phenoxy) is 1. The molecule has 0 saturated heterocycles. The first-order chi connectivity index (χ1) is 7.04. The fraction of sp³-hybridized carbons (Fsp3) is 0.923. The van der Waals surface area contributed by atoms with E-state index in [0.717, 1.165) is 12.8 Å². The van der Waals surface area contributed by atoms with E-state index in [1.165, 1.54) is 25.7 Å². The molecule has 0 N–H and O–H groups in total. The molecule has 0 aromatic carbocycles. The lowest BCUT2D eigenvalue weighted by Gasteiger charge is -2.20. The third-order valence-electron chi connectivity index (χ3n) is 2.92. The van der Waals surface area contributed by atoms with Crippen LogP contribution in [0, 0.1) is 5.41 Å². The summed E-state index contributed by atoms with van der Waals surface area (Å²) in [6.07, 6.45) is 6.81. The first-order valence-electron chi connectivity index (χ1n) is 6.21. The van der Waals surface area contributed by atoms with Crippen molar-refractivity contribution in [1.82, 2.24) is 0 Å². The third kappa shape index (κ3) is 6.53. The molecule has 0 aromatic rings. The van der Waals surface area contributed by atoms with Crippen LogP contribution in [0.25, 0.3) is 0 Å². The van der Waals surface area contributed by atoms with Crippen LogP contribution in [-0.2, 0) is 9.53 Å². The number of hydrogen-bond acceptors (Lipinski definition) is 2. The molecule has 2 heteroatoms. The zero-order valence-electron chi connectivity index (χ0n) is 10.8. The second-order valence-corrected chi connectivity index (χ2v) is 4.79. The Morgan fingerprint density at radius 2 is 1.67 bits per heavy atom. The second-order valence-electron chi connectivity index (χ2n) is 4.79. The summed E-state index contributed by atoms with van der Waals surface area (Å²) < 4.78 is 5.24. The van der Waals surface area contributed by atoms with E-state index in [1.54, 1.807) is 0 Å². The summed E-state index contributed by atoms with van der Waals surface area (Å²) in [4.78, 5) is 11.6. The van der Waals surface area contributed by atoms with Crippen molar-refractivity contribution in [3.63, 3.8) is 0 Å². The van der Waals surface area contributed by atoms with E-state index in [9.17, 15) is 4.79 Å². The van der Waals surface area contributed by atoms with E-state index in [4.69, 9.17) is 4.74 Å². The van der Waals surface area contributed by atoms with E-state index in [-0.39, 0.29) is 11.4 Å². The van der Waals surface area contributed by atoms with Gasteiger partial charge in [-0.15, -0.1) is 0 Å². The van der Waals surface area contributed by atoms with Crippen molar-refractivity contribution < 1.29 is 9.53 Å². The minimum absolute atomic E-state index is 0.0551. The highest BCUT2D eigenvalue weighted by molar-refractivity contribution is 5.75. The zero-order chi connectivity index (χ0) is 11.7. The first-order valence-corrected chi connectivity index (χ1v) is 6.21. The van der Waals surface area contributed by atoms with Gasteiger partial charge in [-0.3, -0.25) is 4.79 Å². The molecule has 0 radical (unpaired) electrons. The molecule has 0 aromatic heterocycles. The van der Waals surface area contributed by atoms with Gasteiger partial charge >= 0.3 is 5.97 Å². The topological polar surface area (TPSA) is 26.3 Å². The fourth-order valence-corrected chi connectivity index (χ4v) is 1.21. The lowest BCUT2D eigenvalue weighted by atomic mass is 9.91. The molecule has 0 fully saturated rings. The number of unbranched alkanes of at least 4 members (excludes halogenated alkanes) is 4. The Hall–Kier alpha value is -0.530. The van der Waals surface area contributed by atoms with Gasteiger partial charge in [-0.2, -0.15) is 0 Å². The van der Waals surface area contributed by atoms with Gasteiger partial charge in [-0.1, -0.05) is 39.5 Å². The highest BCUT2D eigenvalue weighted by Crippen LogP contribution is 2.21. The molecule has 0 unspecified atom stereocenters. The van der Waals surface area contributed by atoms with E-state index in [0.29, 0.717) is 6.61 Å². The van der Waals surface area contributed by atoms with Gasteiger partial charge in [0, 0.05) is 0 Å². The molecule has 0 spiro atoms. The van der Waals surface area contributed by atoms with Gasteiger partial charge in [-0.25, -0.2) is 0 Å². The summed E-state index contributed by atoms with van der Waals surface area (Å²) in [5.41, 5.74) is -0.316. The molecule has 0 aliphatic carbocycles. The van der Waals surface area contributed by atoms with Gasteiger partial charge in [0.05, 0.1) is 12.0 Å². The molecule has 2 nitrogen and oxygen atoms in total. The van der Waals surface area contributed by atoms with Crippen LogP contribution in [-0.4, -0.2) is 12.6 Å². The van der Waals surface area contributed by atoms with Crippen molar-refractivity contribution in [2.75, 3.05) is 6.61 Å². The maximum atomic E-state index is 11.6. The number of esters is 1. The summed E-state index contributed by atoms with van der Waals surface area (Å²) in [6, 6.07) is 0. The average Bonchev–Trinajstić information content (AvgIpc) is 2.22. The Morgan fingerprint density at radius 1 is 1.07 bits per heavy atom. The molecule has 0 bridgehead atoms. The van der Waals surface area contributed by atoms with Crippen molar-refractivity contribution in [3.05, 3.63) is 0 Å². The standard InChI is InChI=1S/C13H26O2/c1-5-7-8-9-10-11-15-12(14)13(3,4)6-2/h5-11H2,1-4H3. The summed E-state index contributed by atoms with van der Waals surface area (Å²) >= 11 is 0. The van der Waals surface area contributed by atoms with Crippen molar-refractivity contribution >= 4 is 5.97 Å². The van der Waals surface area contributed by atoms with Gasteiger partial charge in [0.1, 0.15) is 0 Å². The molecule has 0 aliphatic heterocycles. The molecular formula is C13H26O2. The smallest absolute Gasteiger partial charge is 0.311 e. The number of carbonyl (C=O) groups is 1. The highest BCUT2D eigenvalue weighted by Gasteiger charge is 2.26. The normalized spacial score (nSPS) is 11.5. The van der Waals surface area contributed by atoms with Crippen LogP contribution >= 0.6 is 0 Å². The van der Waals surface area contributed by atoms with Crippen LogP contribution in [0.2, 0.25) is 0 Å². The summed E-state index contributed by atoms with van der Waals surface area (Å²) in [5, 5.41) is 0. The van der Waals surface area contributed by atoms with E-state index in [2.05, 4.69) is 6.92 Å². The van der Waals surface area contributed by atoms with Gasteiger partial charge in [0.15, 0.2) is 0 Å². The Balaban J connectivity index is 3.47. The van der Waals surface area contributed by atoms with Crippen LogP contribution in [0.15, 0.2) is 0 Å². The Labute approximate surface area is 94.4 Å². The van der Waals surface area contributed by atoms with Crippen molar-refractivity contribution in [2.24, 2.45) is 5.41 Å². The predicted octanol–water partition coefficient (Wildman–Crippen LogP) is 3.94. The summed E-state index contributed by atoms with van der Waals surface area (Å²) in [7, 11) is 0. The molecule has 0 atom stereocenters. The lowest BCUT2D eigenvalue weighted by Crippen LogP contribution is -2.26. The minimum Gasteiger partial charge on any atom is -0.465 e. The van der Waals surface area contributed by atoms with Gasteiger partial charge < -0.3 is 4.74 Å².